The third-order valence-electron chi connectivity index (χ3n) is 4.78. The first-order valence-electron chi connectivity index (χ1n) is 8.87. The van der Waals surface area contributed by atoms with Crippen LogP contribution in [0.4, 0.5) is 0 Å². The van der Waals surface area contributed by atoms with Gasteiger partial charge in [-0.15, -0.1) is 0 Å². The van der Waals surface area contributed by atoms with Crippen LogP contribution in [0.25, 0.3) is 33.4 Å². The van der Waals surface area contributed by atoms with Gasteiger partial charge in [-0.2, -0.15) is 0 Å². The van der Waals surface area contributed by atoms with E-state index in [4.69, 9.17) is 9.52 Å². The maximum atomic E-state index is 12.8. The van der Waals surface area contributed by atoms with Crippen LogP contribution in [-0.4, -0.2) is 20.5 Å². The number of nitrogens with zero attached hydrogens (tertiary/aromatic N) is 2. The van der Waals surface area contributed by atoms with E-state index in [1.807, 2.05) is 37.3 Å². The Labute approximate surface area is 168 Å². The summed E-state index contributed by atoms with van der Waals surface area (Å²) in [4.78, 5) is 29.1. The number of para-hydroxylation sites is 2. The van der Waals surface area contributed by atoms with Crippen molar-refractivity contribution in [2.45, 2.75) is 6.92 Å². The van der Waals surface area contributed by atoms with Gasteiger partial charge in [0.25, 0.3) is 5.56 Å². The Bertz CT molecular complexity index is 1520. The molecule has 6 nitrogen and oxygen atoms in total. The van der Waals surface area contributed by atoms with Gasteiger partial charge in [0, 0.05) is 11.6 Å². The summed E-state index contributed by atoms with van der Waals surface area (Å²) in [7, 11) is 0. The highest BCUT2D eigenvalue weighted by Gasteiger charge is 2.13. The van der Waals surface area contributed by atoms with Crippen molar-refractivity contribution < 1.29 is 14.3 Å². The molecule has 0 aliphatic rings. The average molecular weight is 402 g/mol. The number of aromatic carboxylic acids is 1. The molecular formula is C22H14N2O4S. The molecule has 0 spiro atoms. The number of benzene rings is 2. The van der Waals surface area contributed by atoms with Crippen molar-refractivity contribution in [3.63, 3.8) is 0 Å². The quantitative estimate of drug-likeness (QED) is 0.497. The van der Waals surface area contributed by atoms with Crippen molar-refractivity contribution in [1.82, 2.24) is 9.38 Å². The minimum Gasteiger partial charge on any atom is -0.478 e. The highest BCUT2D eigenvalue weighted by Crippen LogP contribution is 2.27. The Morgan fingerprint density at radius 2 is 2.00 bits per heavy atom. The fourth-order valence-electron chi connectivity index (χ4n) is 3.39. The number of carbonyl (C=O) groups is 1. The van der Waals surface area contributed by atoms with Crippen LogP contribution >= 0.6 is 11.3 Å². The van der Waals surface area contributed by atoms with Crippen LogP contribution in [0.5, 0.6) is 0 Å². The number of hydrogen-bond acceptors (Lipinski definition) is 5. The van der Waals surface area contributed by atoms with Crippen LogP contribution in [0.2, 0.25) is 0 Å². The number of thiazole rings is 1. The van der Waals surface area contributed by atoms with E-state index in [-0.39, 0.29) is 11.1 Å². The van der Waals surface area contributed by atoms with Crippen molar-refractivity contribution >= 4 is 39.4 Å². The molecule has 0 saturated heterocycles. The zero-order valence-electron chi connectivity index (χ0n) is 15.2. The second-order valence-corrected chi connectivity index (χ2v) is 7.68. The van der Waals surface area contributed by atoms with Gasteiger partial charge in [-0.1, -0.05) is 29.5 Å². The highest BCUT2D eigenvalue weighted by molar-refractivity contribution is 7.15. The standard InChI is InChI=1S/C22H14N2O4S/c1-12-10-13(21(26)27)6-8-15(12)18-9-7-14(28-18)11-19-20(25)24-17-5-3-2-4-16(17)23-22(24)29-19/h2-11H,1H3,(H,26,27)/b19-11+. The summed E-state index contributed by atoms with van der Waals surface area (Å²) in [5.41, 5.74) is 3.30. The van der Waals surface area contributed by atoms with Gasteiger partial charge >= 0.3 is 5.97 Å². The molecular weight excluding hydrogens is 388 g/mol. The first kappa shape index (κ1) is 17.4. The number of aromatic nitrogens is 2. The lowest BCUT2D eigenvalue weighted by molar-refractivity contribution is 0.0697. The lowest BCUT2D eigenvalue weighted by atomic mass is 10.0. The molecule has 29 heavy (non-hydrogen) atoms. The number of imidazole rings is 1. The smallest absolute Gasteiger partial charge is 0.335 e. The molecule has 5 rings (SSSR count). The normalized spacial score (nSPS) is 12.2. The highest BCUT2D eigenvalue weighted by atomic mass is 32.1. The molecule has 1 N–H and O–H groups in total. The van der Waals surface area contributed by atoms with Crippen molar-refractivity contribution in [3.05, 3.63) is 86.4 Å². The van der Waals surface area contributed by atoms with Gasteiger partial charge in [-0.25, -0.2) is 14.2 Å². The third kappa shape index (κ3) is 2.83. The number of carboxylic acids is 1. The van der Waals surface area contributed by atoms with Gasteiger partial charge in [0.1, 0.15) is 16.1 Å². The largest absolute Gasteiger partial charge is 0.478 e. The summed E-state index contributed by atoms with van der Waals surface area (Å²) >= 11 is 1.32. The molecule has 2 aromatic carbocycles. The molecule has 0 atom stereocenters. The second kappa shape index (κ2) is 6.42. The summed E-state index contributed by atoms with van der Waals surface area (Å²) < 4.78 is 8.06. The van der Waals surface area contributed by atoms with Crippen molar-refractivity contribution in [3.8, 4) is 11.3 Å². The zero-order valence-corrected chi connectivity index (χ0v) is 16.1. The first-order valence-corrected chi connectivity index (χ1v) is 9.69. The van der Waals surface area contributed by atoms with Crippen molar-refractivity contribution in [1.29, 1.82) is 0 Å². The number of fused-ring (bicyclic) bond motifs is 3. The molecule has 0 aliphatic heterocycles. The van der Waals surface area contributed by atoms with E-state index in [1.165, 1.54) is 11.3 Å². The fraction of sp³-hybridized carbons (Fsp3) is 0.0455. The molecule has 0 unspecified atom stereocenters. The SMILES string of the molecule is Cc1cc(C(=O)O)ccc1-c1ccc(/C=c2/sc3nc4ccccc4n3c2=O)o1. The number of furan rings is 1. The van der Waals surface area contributed by atoms with E-state index in [0.29, 0.717) is 21.0 Å². The number of carboxylic acid groups (broad SMARTS) is 1. The first-order chi connectivity index (χ1) is 14.0. The molecule has 5 aromatic rings. The van der Waals surface area contributed by atoms with Crippen LogP contribution in [0.3, 0.4) is 0 Å². The molecule has 0 radical (unpaired) electrons. The molecule has 3 aromatic heterocycles. The molecule has 0 bridgehead atoms. The molecule has 142 valence electrons. The lowest BCUT2D eigenvalue weighted by Gasteiger charge is -2.03. The predicted molar refractivity (Wildman–Crippen MR) is 111 cm³/mol. The average Bonchev–Trinajstić information content (AvgIpc) is 3.38. The summed E-state index contributed by atoms with van der Waals surface area (Å²) in [5, 5.41) is 9.11. The molecule has 7 heteroatoms. The zero-order chi connectivity index (χ0) is 20.1. The maximum Gasteiger partial charge on any atom is 0.335 e. The van der Waals surface area contributed by atoms with E-state index < -0.39 is 5.97 Å². The fourth-order valence-corrected chi connectivity index (χ4v) is 4.36. The maximum absolute atomic E-state index is 12.8. The van der Waals surface area contributed by atoms with E-state index in [2.05, 4.69) is 4.98 Å². The van der Waals surface area contributed by atoms with Crippen LogP contribution < -0.4 is 10.1 Å². The third-order valence-corrected chi connectivity index (χ3v) is 5.75. The molecule has 0 amide bonds. The Morgan fingerprint density at radius 3 is 2.79 bits per heavy atom. The van der Waals surface area contributed by atoms with Crippen LogP contribution in [0, 0.1) is 6.92 Å². The summed E-state index contributed by atoms with van der Waals surface area (Å²) in [6, 6.07) is 16.0. The topological polar surface area (TPSA) is 84.8 Å². The second-order valence-electron chi connectivity index (χ2n) is 6.67. The Hall–Kier alpha value is -3.71. The lowest BCUT2D eigenvalue weighted by Crippen LogP contribution is -2.22. The predicted octanol–water partition coefficient (Wildman–Crippen LogP) is 3.72. The van der Waals surface area contributed by atoms with E-state index in [9.17, 15) is 9.59 Å². The number of aryl methyl sites for hydroxylation is 1. The molecule has 0 aliphatic carbocycles. The van der Waals surface area contributed by atoms with E-state index >= 15 is 0 Å². The van der Waals surface area contributed by atoms with Crippen molar-refractivity contribution in [2.24, 2.45) is 0 Å². The summed E-state index contributed by atoms with van der Waals surface area (Å²) in [5.74, 6) is 0.198. The summed E-state index contributed by atoms with van der Waals surface area (Å²) in [6.45, 7) is 1.84. The van der Waals surface area contributed by atoms with E-state index in [1.54, 1.807) is 34.7 Å². The monoisotopic (exact) mass is 402 g/mol. The molecule has 3 heterocycles. The number of hydrogen-bond donors (Lipinski definition) is 1. The van der Waals surface area contributed by atoms with Crippen LogP contribution in [0.15, 0.2) is 63.8 Å². The van der Waals surface area contributed by atoms with Crippen LogP contribution in [0.1, 0.15) is 21.7 Å². The van der Waals surface area contributed by atoms with E-state index in [0.717, 1.165) is 22.2 Å². The van der Waals surface area contributed by atoms with Gasteiger partial charge in [0.05, 0.1) is 16.6 Å². The minimum atomic E-state index is -0.966. The summed E-state index contributed by atoms with van der Waals surface area (Å²) in [6.07, 6.45) is 1.71. The van der Waals surface area contributed by atoms with Gasteiger partial charge < -0.3 is 9.52 Å². The molecule has 0 saturated carbocycles. The Balaban J connectivity index is 1.58. The minimum absolute atomic E-state index is 0.126. The number of rotatable bonds is 3. The Kier molecular flexibility index (Phi) is 3.85. The van der Waals surface area contributed by atoms with Gasteiger partial charge in [0.2, 0.25) is 0 Å². The van der Waals surface area contributed by atoms with Crippen molar-refractivity contribution in [2.75, 3.05) is 0 Å². The van der Waals surface area contributed by atoms with Crippen LogP contribution in [-0.2, 0) is 0 Å². The molecule has 0 fully saturated rings. The van der Waals surface area contributed by atoms with Gasteiger partial charge in [-0.05, 0) is 48.9 Å². The van der Waals surface area contributed by atoms with Gasteiger partial charge in [-0.3, -0.25) is 4.79 Å². The Morgan fingerprint density at radius 1 is 1.17 bits per heavy atom. The van der Waals surface area contributed by atoms with Gasteiger partial charge in [0.15, 0.2) is 4.96 Å².